The van der Waals surface area contributed by atoms with Crippen LogP contribution in [0.3, 0.4) is 0 Å². The summed E-state index contributed by atoms with van der Waals surface area (Å²) in [5.41, 5.74) is 0. The number of hydrogen-bond acceptors (Lipinski definition) is 6. The van der Waals surface area contributed by atoms with Gasteiger partial charge in [0.25, 0.3) is 0 Å². The average Bonchev–Trinajstić information content (AvgIpc) is 2.82. The third-order valence-electron chi connectivity index (χ3n) is 6.51. The van der Waals surface area contributed by atoms with Gasteiger partial charge < -0.3 is 23.8 Å². The summed E-state index contributed by atoms with van der Waals surface area (Å²) in [6.07, 6.45) is 15.0. The molecular weight excluding hydrogens is 474 g/mol. The number of ether oxygens (including phenoxy) is 3. The van der Waals surface area contributed by atoms with Crippen molar-refractivity contribution in [1.29, 1.82) is 0 Å². The lowest BCUT2D eigenvalue weighted by Gasteiger charge is -2.31. The van der Waals surface area contributed by atoms with Gasteiger partial charge in [-0.15, -0.1) is 0 Å². The van der Waals surface area contributed by atoms with Crippen LogP contribution in [0.15, 0.2) is 0 Å². The minimum absolute atomic E-state index is 0.0492. The van der Waals surface area contributed by atoms with Gasteiger partial charge in [0.05, 0.1) is 34.4 Å². The van der Waals surface area contributed by atoms with E-state index in [1.54, 1.807) is 0 Å². The Bertz CT molecular complexity index is 604. The van der Waals surface area contributed by atoms with Crippen LogP contribution >= 0.6 is 0 Å². The van der Waals surface area contributed by atoms with Crippen molar-refractivity contribution in [2.45, 2.75) is 129 Å². The van der Waals surface area contributed by atoms with Crippen LogP contribution < -0.4 is 0 Å². The first kappa shape index (κ1) is 35.3. The summed E-state index contributed by atoms with van der Waals surface area (Å²) in [6, 6.07) is -0.603. The van der Waals surface area contributed by atoms with Crippen molar-refractivity contribution in [3.05, 3.63) is 0 Å². The van der Waals surface area contributed by atoms with E-state index in [9.17, 15) is 19.5 Å². The number of rotatable bonds is 25. The van der Waals surface area contributed by atoms with Gasteiger partial charge in [0.15, 0.2) is 12.1 Å². The van der Waals surface area contributed by atoms with E-state index in [0.717, 1.165) is 38.5 Å². The first-order valence-corrected chi connectivity index (χ1v) is 14.6. The highest BCUT2D eigenvalue weighted by atomic mass is 16.6. The molecule has 1 N–H and O–H groups in total. The van der Waals surface area contributed by atoms with E-state index in [1.165, 1.54) is 44.9 Å². The second-order valence-electron chi connectivity index (χ2n) is 11.0. The maximum atomic E-state index is 12.4. The lowest BCUT2D eigenvalue weighted by Crippen LogP contribution is -2.50. The molecule has 8 nitrogen and oxygen atoms in total. The van der Waals surface area contributed by atoms with E-state index in [2.05, 4.69) is 13.8 Å². The molecule has 0 aliphatic heterocycles. The van der Waals surface area contributed by atoms with Crippen LogP contribution in [-0.4, -0.2) is 80.6 Å². The van der Waals surface area contributed by atoms with Crippen LogP contribution in [0.2, 0.25) is 0 Å². The number of aliphatic carboxylic acids is 1. The summed E-state index contributed by atoms with van der Waals surface area (Å²) >= 11 is 0. The van der Waals surface area contributed by atoms with E-state index in [4.69, 9.17) is 14.2 Å². The van der Waals surface area contributed by atoms with Crippen LogP contribution in [0.25, 0.3) is 0 Å². The number of likely N-dealkylation sites (N-methyl/N-ethyl adjacent to an activating group) is 1. The van der Waals surface area contributed by atoms with E-state index in [0.29, 0.717) is 19.3 Å². The maximum Gasteiger partial charge on any atom is 0.362 e. The Morgan fingerprint density at radius 2 is 1.19 bits per heavy atom. The van der Waals surface area contributed by atoms with Gasteiger partial charge >= 0.3 is 17.9 Å². The van der Waals surface area contributed by atoms with Crippen LogP contribution in [-0.2, 0) is 28.6 Å². The van der Waals surface area contributed by atoms with Crippen molar-refractivity contribution in [3.8, 4) is 0 Å². The second kappa shape index (κ2) is 22.3. The zero-order valence-corrected chi connectivity index (χ0v) is 24.4. The molecule has 0 heterocycles. The SMILES string of the molecule is CCCCCCCCCCCCC(=O)OC(COCCC(C(=O)O)[N+](C)(C)C)COC(=O)CCCCC. The normalized spacial score (nSPS) is 13.2. The Labute approximate surface area is 226 Å². The number of carboxylic acid groups (broad SMARTS) is 1. The third-order valence-corrected chi connectivity index (χ3v) is 6.51. The molecule has 0 aliphatic rings. The number of hydrogen-bond donors (Lipinski definition) is 1. The number of unbranched alkanes of at least 4 members (excludes halogenated alkanes) is 11. The monoisotopic (exact) mass is 530 g/mol. The van der Waals surface area contributed by atoms with Crippen molar-refractivity contribution in [1.82, 2.24) is 0 Å². The molecule has 0 bridgehead atoms. The molecule has 0 saturated heterocycles. The van der Waals surface area contributed by atoms with Gasteiger partial charge in [-0.2, -0.15) is 0 Å². The molecule has 37 heavy (non-hydrogen) atoms. The van der Waals surface area contributed by atoms with E-state index < -0.39 is 18.1 Å². The summed E-state index contributed by atoms with van der Waals surface area (Å²) in [5.74, 6) is -1.50. The molecule has 0 aromatic rings. The number of esters is 2. The molecular formula is C29H56NO7+. The number of carbonyl (C=O) groups is 3. The summed E-state index contributed by atoms with van der Waals surface area (Å²) in [4.78, 5) is 36.0. The van der Waals surface area contributed by atoms with Crippen molar-refractivity contribution in [2.24, 2.45) is 0 Å². The standard InChI is InChI=1S/C29H55NO7/c1-6-8-10-11-12-13-14-15-16-18-20-28(32)37-25(24-36-27(31)19-17-9-7-2)23-35-22-21-26(29(33)34)30(3,4)5/h25-26H,6-24H2,1-5H3/p+1. The highest BCUT2D eigenvalue weighted by Gasteiger charge is 2.31. The zero-order chi connectivity index (χ0) is 27.9. The molecule has 0 rings (SSSR count). The zero-order valence-electron chi connectivity index (χ0n) is 24.4. The Kier molecular flexibility index (Phi) is 21.3. The van der Waals surface area contributed by atoms with Gasteiger partial charge in [-0.1, -0.05) is 84.5 Å². The van der Waals surface area contributed by atoms with Crippen LogP contribution in [0, 0.1) is 0 Å². The smallest absolute Gasteiger partial charge is 0.362 e. The first-order chi connectivity index (χ1) is 17.6. The highest BCUT2D eigenvalue weighted by Crippen LogP contribution is 2.13. The fraction of sp³-hybridized carbons (Fsp3) is 0.897. The third kappa shape index (κ3) is 21.0. The predicted molar refractivity (Wildman–Crippen MR) is 146 cm³/mol. The lowest BCUT2D eigenvalue weighted by atomic mass is 10.1. The largest absolute Gasteiger partial charge is 0.477 e. The molecule has 0 fully saturated rings. The van der Waals surface area contributed by atoms with E-state index in [1.807, 2.05) is 21.1 Å². The molecule has 2 unspecified atom stereocenters. The molecule has 0 aliphatic carbocycles. The number of nitrogens with zero attached hydrogens (tertiary/aromatic N) is 1. The Balaban J connectivity index is 4.43. The van der Waals surface area contributed by atoms with Gasteiger partial charge in [0.1, 0.15) is 6.61 Å². The summed E-state index contributed by atoms with van der Waals surface area (Å²) in [5, 5.41) is 9.47. The Hall–Kier alpha value is -1.67. The minimum atomic E-state index is -0.878. The number of carboxylic acids is 1. The quantitative estimate of drug-likeness (QED) is 0.0891. The van der Waals surface area contributed by atoms with Crippen molar-refractivity contribution >= 4 is 17.9 Å². The summed E-state index contributed by atoms with van der Waals surface area (Å²) in [7, 11) is 5.49. The topological polar surface area (TPSA) is 99.1 Å². The fourth-order valence-corrected chi connectivity index (χ4v) is 4.15. The molecule has 0 spiro atoms. The van der Waals surface area contributed by atoms with Crippen molar-refractivity contribution in [2.75, 3.05) is 41.0 Å². The predicted octanol–water partition coefficient (Wildman–Crippen LogP) is 5.90. The van der Waals surface area contributed by atoms with Gasteiger partial charge in [0, 0.05) is 19.3 Å². The van der Waals surface area contributed by atoms with Crippen molar-refractivity contribution in [3.63, 3.8) is 0 Å². The fourth-order valence-electron chi connectivity index (χ4n) is 4.15. The van der Waals surface area contributed by atoms with Gasteiger partial charge in [-0.3, -0.25) is 9.59 Å². The van der Waals surface area contributed by atoms with Crippen LogP contribution in [0.4, 0.5) is 0 Å². The Morgan fingerprint density at radius 1 is 0.703 bits per heavy atom. The molecule has 8 heteroatoms. The minimum Gasteiger partial charge on any atom is -0.477 e. The van der Waals surface area contributed by atoms with Gasteiger partial charge in [-0.25, -0.2) is 4.79 Å². The lowest BCUT2D eigenvalue weighted by molar-refractivity contribution is -0.887. The number of quaternary nitrogens is 1. The highest BCUT2D eigenvalue weighted by molar-refractivity contribution is 5.72. The van der Waals surface area contributed by atoms with Crippen molar-refractivity contribution < 1.29 is 38.2 Å². The van der Waals surface area contributed by atoms with Crippen LogP contribution in [0.1, 0.15) is 117 Å². The molecule has 2 atom stereocenters. The van der Waals surface area contributed by atoms with Gasteiger partial charge in [-0.05, 0) is 12.8 Å². The summed E-state index contributed by atoms with van der Waals surface area (Å²) in [6.45, 7) is 4.52. The average molecular weight is 531 g/mol. The van der Waals surface area contributed by atoms with E-state index in [-0.39, 0.29) is 36.2 Å². The maximum absolute atomic E-state index is 12.4. The molecule has 218 valence electrons. The van der Waals surface area contributed by atoms with Crippen LogP contribution in [0.5, 0.6) is 0 Å². The van der Waals surface area contributed by atoms with E-state index >= 15 is 0 Å². The summed E-state index contributed by atoms with van der Waals surface area (Å²) < 4.78 is 16.9. The molecule has 0 saturated carbocycles. The second-order valence-corrected chi connectivity index (χ2v) is 11.0. The molecule has 0 aromatic heterocycles. The number of carbonyl (C=O) groups excluding carboxylic acids is 2. The molecule has 0 radical (unpaired) electrons. The molecule has 0 aromatic carbocycles. The Morgan fingerprint density at radius 3 is 1.73 bits per heavy atom. The first-order valence-electron chi connectivity index (χ1n) is 14.6. The molecule has 0 amide bonds. The van der Waals surface area contributed by atoms with Gasteiger partial charge in [0.2, 0.25) is 0 Å².